The van der Waals surface area contributed by atoms with E-state index in [-0.39, 0.29) is 23.8 Å². The molecule has 0 unspecified atom stereocenters. The number of nitrogens with zero attached hydrogens (tertiary/aromatic N) is 2. The molecule has 1 fully saturated rings. The molecule has 0 saturated carbocycles. The van der Waals surface area contributed by atoms with Crippen molar-refractivity contribution in [3.8, 4) is 0 Å². The van der Waals surface area contributed by atoms with Gasteiger partial charge in [-0.1, -0.05) is 0 Å². The molecule has 21 heavy (non-hydrogen) atoms. The number of rotatable bonds is 2. The van der Waals surface area contributed by atoms with Crippen LogP contribution in [0.4, 0.5) is 4.79 Å². The van der Waals surface area contributed by atoms with Gasteiger partial charge in [-0.3, -0.25) is 14.5 Å². The number of amides is 3. The molecular formula is C15H22N2O4. The van der Waals surface area contributed by atoms with Crippen molar-refractivity contribution < 1.29 is 19.1 Å². The summed E-state index contributed by atoms with van der Waals surface area (Å²) in [4.78, 5) is 37.9. The van der Waals surface area contributed by atoms with Crippen molar-refractivity contribution in [3.63, 3.8) is 0 Å². The number of carbonyl (C=O) groups is 3. The lowest BCUT2D eigenvalue weighted by molar-refractivity contribution is -0.137. The molecule has 0 spiro atoms. The monoisotopic (exact) mass is 294 g/mol. The highest BCUT2D eigenvalue weighted by molar-refractivity contribution is 6.12. The zero-order chi connectivity index (χ0) is 15.6. The van der Waals surface area contributed by atoms with Crippen LogP contribution < -0.4 is 0 Å². The maximum atomic E-state index is 11.9. The minimum absolute atomic E-state index is 0.241. The molecule has 3 amide bonds. The van der Waals surface area contributed by atoms with E-state index in [1.54, 1.807) is 4.90 Å². The first-order valence-corrected chi connectivity index (χ1v) is 7.28. The summed E-state index contributed by atoms with van der Waals surface area (Å²) in [7, 11) is 0. The van der Waals surface area contributed by atoms with Crippen molar-refractivity contribution in [3.05, 3.63) is 12.2 Å². The fourth-order valence-electron chi connectivity index (χ4n) is 2.49. The number of likely N-dealkylation sites (tertiary alicyclic amines) is 1. The van der Waals surface area contributed by atoms with E-state index in [0.717, 1.165) is 12.8 Å². The van der Waals surface area contributed by atoms with E-state index in [1.165, 1.54) is 17.1 Å². The lowest BCUT2D eigenvalue weighted by Crippen LogP contribution is -2.44. The molecule has 0 radical (unpaired) electrons. The first-order chi connectivity index (χ1) is 9.76. The van der Waals surface area contributed by atoms with Crippen LogP contribution in [0.15, 0.2) is 12.2 Å². The number of hydrogen-bond donors (Lipinski definition) is 0. The average Bonchev–Trinajstić information content (AvgIpc) is 2.69. The lowest BCUT2D eigenvalue weighted by Gasteiger charge is -2.34. The third-order valence-electron chi connectivity index (χ3n) is 3.61. The topological polar surface area (TPSA) is 66.9 Å². The molecule has 0 bridgehead atoms. The molecule has 0 aromatic heterocycles. The molecule has 6 heteroatoms. The number of ether oxygens (including phenoxy) is 1. The number of imide groups is 1. The van der Waals surface area contributed by atoms with E-state index in [4.69, 9.17) is 4.74 Å². The Kier molecular flexibility index (Phi) is 4.34. The van der Waals surface area contributed by atoms with Gasteiger partial charge >= 0.3 is 6.09 Å². The number of piperidine rings is 1. The zero-order valence-electron chi connectivity index (χ0n) is 12.8. The van der Waals surface area contributed by atoms with E-state index in [9.17, 15) is 14.4 Å². The first kappa shape index (κ1) is 15.5. The lowest BCUT2D eigenvalue weighted by atomic mass is 9.96. The third kappa shape index (κ3) is 4.06. The largest absolute Gasteiger partial charge is 0.444 e. The van der Waals surface area contributed by atoms with Crippen LogP contribution in [0.1, 0.15) is 33.6 Å². The maximum absolute atomic E-state index is 11.9. The van der Waals surface area contributed by atoms with E-state index in [0.29, 0.717) is 19.6 Å². The standard InChI is InChI=1S/C15H22N2O4/c1-15(2,3)21-14(20)16-8-6-11(7-9-16)10-17-12(18)4-5-13(17)19/h4-5,11H,6-10H2,1-3H3. The fraction of sp³-hybridized carbons (Fsp3) is 0.667. The summed E-state index contributed by atoms with van der Waals surface area (Å²) in [6, 6.07) is 0. The van der Waals surface area contributed by atoms with Gasteiger partial charge in [0.2, 0.25) is 0 Å². The molecule has 2 rings (SSSR count). The van der Waals surface area contributed by atoms with Crippen LogP contribution in [-0.2, 0) is 14.3 Å². The van der Waals surface area contributed by atoms with E-state index in [2.05, 4.69) is 0 Å². The van der Waals surface area contributed by atoms with Gasteiger partial charge in [0.15, 0.2) is 0 Å². The van der Waals surface area contributed by atoms with Crippen LogP contribution in [0.5, 0.6) is 0 Å². The second-order valence-electron chi connectivity index (χ2n) is 6.53. The summed E-state index contributed by atoms with van der Waals surface area (Å²) in [6.45, 7) is 7.17. The van der Waals surface area contributed by atoms with Gasteiger partial charge in [0.25, 0.3) is 11.8 Å². The minimum atomic E-state index is -0.492. The highest BCUT2D eigenvalue weighted by atomic mass is 16.6. The second kappa shape index (κ2) is 5.87. The average molecular weight is 294 g/mol. The highest BCUT2D eigenvalue weighted by Gasteiger charge is 2.31. The number of hydrogen-bond acceptors (Lipinski definition) is 4. The van der Waals surface area contributed by atoms with Crippen molar-refractivity contribution in [2.75, 3.05) is 19.6 Å². The van der Waals surface area contributed by atoms with Crippen LogP contribution in [0.3, 0.4) is 0 Å². The molecule has 0 aromatic carbocycles. The molecule has 1 saturated heterocycles. The molecule has 0 N–H and O–H groups in total. The van der Waals surface area contributed by atoms with Crippen LogP contribution in [-0.4, -0.2) is 52.9 Å². The Morgan fingerprint density at radius 2 is 1.71 bits per heavy atom. The Labute approximate surface area is 124 Å². The maximum Gasteiger partial charge on any atom is 0.410 e. The molecule has 2 aliphatic rings. The summed E-state index contributed by atoms with van der Waals surface area (Å²) in [5.41, 5.74) is -0.492. The number of carbonyl (C=O) groups excluding carboxylic acids is 3. The Morgan fingerprint density at radius 3 is 2.19 bits per heavy atom. The van der Waals surface area contributed by atoms with Gasteiger partial charge in [-0.05, 0) is 39.5 Å². The van der Waals surface area contributed by atoms with Crippen molar-refractivity contribution >= 4 is 17.9 Å². The van der Waals surface area contributed by atoms with E-state index in [1.807, 2.05) is 20.8 Å². The van der Waals surface area contributed by atoms with Gasteiger partial charge in [0.05, 0.1) is 0 Å². The van der Waals surface area contributed by atoms with Crippen molar-refractivity contribution in [1.29, 1.82) is 0 Å². The van der Waals surface area contributed by atoms with Gasteiger partial charge in [-0.2, -0.15) is 0 Å². The van der Waals surface area contributed by atoms with Crippen LogP contribution in [0, 0.1) is 5.92 Å². The summed E-state index contributed by atoms with van der Waals surface area (Å²) in [5.74, 6) is -0.236. The van der Waals surface area contributed by atoms with E-state index < -0.39 is 5.60 Å². The molecule has 0 aromatic rings. The predicted octanol–water partition coefficient (Wildman–Crippen LogP) is 1.56. The van der Waals surface area contributed by atoms with Gasteiger partial charge in [-0.25, -0.2) is 4.79 Å². The van der Waals surface area contributed by atoms with Crippen molar-refractivity contribution in [2.45, 2.75) is 39.2 Å². The predicted molar refractivity (Wildman–Crippen MR) is 76.4 cm³/mol. The SMILES string of the molecule is CC(C)(C)OC(=O)N1CCC(CN2C(=O)C=CC2=O)CC1. The minimum Gasteiger partial charge on any atom is -0.444 e. The smallest absolute Gasteiger partial charge is 0.410 e. The summed E-state index contributed by atoms with van der Waals surface area (Å²) in [5, 5.41) is 0. The van der Waals surface area contributed by atoms with Gasteiger partial charge in [0.1, 0.15) is 5.60 Å². The Morgan fingerprint density at radius 1 is 1.19 bits per heavy atom. The highest BCUT2D eigenvalue weighted by Crippen LogP contribution is 2.21. The Balaban J connectivity index is 1.80. The molecule has 116 valence electrons. The summed E-state index contributed by atoms with van der Waals surface area (Å²) >= 11 is 0. The molecular weight excluding hydrogens is 272 g/mol. The Bertz CT molecular complexity index is 453. The molecule has 2 heterocycles. The second-order valence-corrected chi connectivity index (χ2v) is 6.53. The van der Waals surface area contributed by atoms with Crippen molar-refractivity contribution in [2.24, 2.45) is 5.92 Å². The molecule has 0 aliphatic carbocycles. The third-order valence-corrected chi connectivity index (χ3v) is 3.61. The van der Waals surface area contributed by atoms with Crippen molar-refractivity contribution in [1.82, 2.24) is 9.80 Å². The quantitative estimate of drug-likeness (QED) is 0.725. The van der Waals surface area contributed by atoms with Gasteiger partial charge in [-0.15, -0.1) is 0 Å². The summed E-state index contributed by atoms with van der Waals surface area (Å²) in [6.07, 6.45) is 3.86. The van der Waals surface area contributed by atoms with Gasteiger partial charge < -0.3 is 9.64 Å². The zero-order valence-corrected chi connectivity index (χ0v) is 12.8. The molecule has 6 nitrogen and oxygen atoms in total. The normalized spacial score (nSPS) is 20.3. The Hall–Kier alpha value is -1.85. The van der Waals surface area contributed by atoms with Crippen LogP contribution in [0.2, 0.25) is 0 Å². The first-order valence-electron chi connectivity index (χ1n) is 7.28. The van der Waals surface area contributed by atoms with Crippen LogP contribution >= 0.6 is 0 Å². The molecule has 2 aliphatic heterocycles. The van der Waals surface area contributed by atoms with Crippen LogP contribution in [0.25, 0.3) is 0 Å². The van der Waals surface area contributed by atoms with Gasteiger partial charge in [0, 0.05) is 31.8 Å². The molecule has 0 atom stereocenters. The fourth-order valence-corrected chi connectivity index (χ4v) is 2.49. The summed E-state index contributed by atoms with van der Waals surface area (Å²) < 4.78 is 5.34. The van der Waals surface area contributed by atoms with E-state index >= 15 is 0 Å².